The highest BCUT2D eigenvalue weighted by Gasteiger charge is 2.17. The van der Waals surface area contributed by atoms with Gasteiger partial charge < -0.3 is 5.32 Å². The van der Waals surface area contributed by atoms with Crippen LogP contribution in [0.2, 0.25) is 0 Å². The van der Waals surface area contributed by atoms with Crippen molar-refractivity contribution >= 4 is 15.7 Å². The molecule has 0 aliphatic carbocycles. The van der Waals surface area contributed by atoms with Crippen molar-refractivity contribution < 1.29 is 13.2 Å². The zero-order valence-corrected chi connectivity index (χ0v) is 12.9. The number of benzene rings is 1. The second-order valence-electron chi connectivity index (χ2n) is 5.06. The molecule has 0 aliphatic rings. The first-order valence-electron chi connectivity index (χ1n) is 6.96. The largest absolute Gasteiger partial charge is 0.353 e. The average Bonchev–Trinajstić information content (AvgIpc) is 2.38. The summed E-state index contributed by atoms with van der Waals surface area (Å²) in [6.07, 6.45) is 2.05. The molecule has 1 N–H and O–H groups in total. The Hall–Kier alpha value is -1.36. The minimum Gasteiger partial charge on any atom is -0.353 e. The summed E-state index contributed by atoms with van der Waals surface area (Å²) in [5.74, 6) is -0.763. The molecule has 1 atom stereocenters. The van der Waals surface area contributed by atoms with Crippen molar-refractivity contribution in [3.63, 3.8) is 0 Å². The molecule has 0 radical (unpaired) electrons. The minimum atomic E-state index is -3.32. The Bertz CT molecular complexity index is 511. The number of aryl methyl sites for hydroxylation is 1. The van der Waals surface area contributed by atoms with Crippen LogP contribution in [0.25, 0.3) is 0 Å². The van der Waals surface area contributed by atoms with Gasteiger partial charge in [-0.1, -0.05) is 37.3 Å². The van der Waals surface area contributed by atoms with Crippen LogP contribution in [-0.2, 0) is 21.1 Å². The third-order valence-electron chi connectivity index (χ3n) is 3.13. The first-order valence-corrected chi connectivity index (χ1v) is 8.79. The number of nitrogens with one attached hydrogen (secondary N) is 1. The summed E-state index contributed by atoms with van der Waals surface area (Å²) in [7, 11) is -3.32. The fraction of sp³-hybridized carbons (Fsp3) is 0.533. The summed E-state index contributed by atoms with van der Waals surface area (Å²) in [4.78, 5) is 11.6. The maximum atomic E-state index is 11.8. The van der Waals surface area contributed by atoms with Crippen molar-refractivity contribution in [1.29, 1.82) is 0 Å². The van der Waals surface area contributed by atoms with Gasteiger partial charge in [0, 0.05) is 6.04 Å². The SMILES string of the molecule is CCC(C)NC(=O)CS(=O)(=O)CCCc1ccccc1. The Labute approximate surface area is 121 Å². The lowest BCUT2D eigenvalue weighted by Crippen LogP contribution is -2.37. The van der Waals surface area contributed by atoms with E-state index in [0.717, 1.165) is 12.0 Å². The lowest BCUT2D eigenvalue weighted by molar-refractivity contribution is -0.119. The second kappa shape index (κ2) is 8.04. The van der Waals surface area contributed by atoms with E-state index in [9.17, 15) is 13.2 Å². The molecule has 1 unspecified atom stereocenters. The Balaban J connectivity index is 2.36. The van der Waals surface area contributed by atoms with Crippen LogP contribution in [0.15, 0.2) is 30.3 Å². The minimum absolute atomic E-state index is 0.0158. The van der Waals surface area contributed by atoms with Crippen LogP contribution in [0, 0.1) is 0 Å². The summed E-state index contributed by atoms with van der Waals surface area (Å²) in [5, 5.41) is 2.68. The third kappa shape index (κ3) is 6.70. The van der Waals surface area contributed by atoms with E-state index >= 15 is 0 Å². The first-order chi connectivity index (χ1) is 9.43. The van der Waals surface area contributed by atoms with Crippen molar-refractivity contribution in [2.75, 3.05) is 11.5 Å². The number of sulfone groups is 1. The molecule has 4 nitrogen and oxygen atoms in total. The lowest BCUT2D eigenvalue weighted by Gasteiger charge is -2.11. The number of hydrogen-bond acceptors (Lipinski definition) is 3. The van der Waals surface area contributed by atoms with Crippen molar-refractivity contribution in [2.45, 2.75) is 39.2 Å². The molecule has 20 heavy (non-hydrogen) atoms. The van der Waals surface area contributed by atoms with Crippen LogP contribution in [0.3, 0.4) is 0 Å². The van der Waals surface area contributed by atoms with Crippen molar-refractivity contribution in [2.24, 2.45) is 0 Å². The molecule has 1 aromatic rings. The summed E-state index contributed by atoms with van der Waals surface area (Å²) in [6.45, 7) is 3.80. The van der Waals surface area contributed by atoms with Gasteiger partial charge in [-0.15, -0.1) is 0 Å². The predicted octanol–water partition coefficient (Wildman–Crippen LogP) is 1.95. The molecular weight excluding hydrogens is 274 g/mol. The van der Waals surface area contributed by atoms with E-state index in [1.165, 1.54) is 0 Å². The summed E-state index contributed by atoms with van der Waals surface area (Å²) >= 11 is 0. The number of amides is 1. The van der Waals surface area contributed by atoms with E-state index in [2.05, 4.69) is 5.32 Å². The van der Waals surface area contributed by atoms with E-state index in [4.69, 9.17) is 0 Å². The normalized spacial score (nSPS) is 12.9. The zero-order chi connectivity index (χ0) is 15.0. The molecule has 0 heterocycles. The summed E-state index contributed by atoms with van der Waals surface area (Å²) < 4.78 is 23.7. The maximum absolute atomic E-state index is 11.8. The Kier molecular flexibility index (Phi) is 6.71. The van der Waals surface area contributed by atoms with Crippen LogP contribution < -0.4 is 5.32 Å². The van der Waals surface area contributed by atoms with Gasteiger partial charge in [0.15, 0.2) is 9.84 Å². The topological polar surface area (TPSA) is 63.2 Å². The van der Waals surface area contributed by atoms with Gasteiger partial charge in [-0.05, 0) is 31.7 Å². The van der Waals surface area contributed by atoms with Gasteiger partial charge in [-0.2, -0.15) is 0 Å². The fourth-order valence-corrected chi connectivity index (χ4v) is 3.04. The molecule has 112 valence electrons. The van der Waals surface area contributed by atoms with Crippen molar-refractivity contribution in [1.82, 2.24) is 5.32 Å². The van der Waals surface area contributed by atoms with E-state index in [1.54, 1.807) is 0 Å². The molecule has 0 aromatic heterocycles. The molecule has 0 saturated heterocycles. The van der Waals surface area contributed by atoms with Crippen molar-refractivity contribution in [3.8, 4) is 0 Å². The highest BCUT2D eigenvalue weighted by Crippen LogP contribution is 2.04. The Morgan fingerprint density at radius 3 is 2.50 bits per heavy atom. The number of carbonyl (C=O) groups is 1. The summed E-state index contributed by atoms with van der Waals surface area (Å²) in [6, 6.07) is 9.76. The van der Waals surface area contributed by atoms with E-state index in [0.29, 0.717) is 12.8 Å². The van der Waals surface area contributed by atoms with Crippen LogP contribution in [-0.4, -0.2) is 31.9 Å². The fourth-order valence-electron chi connectivity index (χ4n) is 1.83. The maximum Gasteiger partial charge on any atom is 0.235 e. The molecular formula is C15H23NO3S. The average molecular weight is 297 g/mol. The molecule has 0 saturated carbocycles. The van der Waals surface area contributed by atoms with Crippen LogP contribution in [0.1, 0.15) is 32.3 Å². The molecule has 0 aliphatic heterocycles. The summed E-state index contributed by atoms with van der Waals surface area (Å²) in [5.41, 5.74) is 1.12. The number of carbonyl (C=O) groups excluding carboxylic acids is 1. The van der Waals surface area contributed by atoms with Crippen LogP contribution >= 0.6 is 0 Å². The van der Waals surface area contributed by atoms with E-state index < -0.39 is 21.5 Å². The highest BCUT2D eigenvalue weighted by molar-refractivity contribution is 7.92. The van der Waals surface area contributed by atoms with Crippen LogP contribution in [0.5, 0.6) is 0 Å². The smallest absolute Gasteiger partial charge is 0.235 e. The van der Waals surface area contributed by atoms with Gasteiger partial charge in [0.05, 0.1) is 5.75 Å². The molecule has 1 aromatic carbocycles. The van der Waals surface area contributed by atoms with Gasteiger partial charge >= 0.3 is 0 Å². The highest BCUT2D eigenvalue weighted by atomic mass is 32.2. The molecule has 0 fully saturated rings. The van der Waals surface area contributed by atoms with Gasteiger partial charge in [-0.3, -0.25) is 4.79 Å². The quantitative estimate of drug-likeness (QED) is 0.797. The first kappa shape index (κ1) is 16.7. The third-order valence-corrected chi connectivity index (χ3v) is 4.75. The second-order valence-corrected chi connectivity index (χ2v) is 7.24. The molecule has 0 spiro atoms. The van der Waals surface area contributed by atoms with E-state index in [-0.39, 0.29) is 11.8 Å². The van der Waals surface area contributed by atoms with Crippen molar-refractivity contribution in [3.05, 3.63) is 35.9 Å². The Morgan fingerprint density at radius 2 is 1.90 bits per heavy atom. The monoisotopic (exact) mass is 297 g/mol. The predicted molar refractivity (Wildman–Crippen MR) is 81.3 cm³/mol. The standard InChI is InChI=1S/C15H23NO3S/c1-3-13(2)16-15(17)12-20(18,19)11-7-10-14-8-5-4-6-9-14/h4-6,8-9,13H,3,7,10-12H2,1-2H3,(H,16,17). The number of rotatable bonds is 8. The lowest BCUT2D eigenvalue weighted by atomic mass is 10.1. The molecule has 1 amide bonds. The van der Waals surface area contributed by atoms with Crippen LogP contribution in [0.4, 0.5) is 0 Å². The number of hydrogen-bond donors (Lipinski definition) is 1. The Morgan fingerprint density at radius 1 is 1.25 bits per heavy atom. The van der Waals surface area contributed by atoms with Gasteiger partial charge in [0.25, 0.3) is 0 Å². The molecule has 0 bridgehead atoms. The van der Waals surface area contributed by atoms with Gasteiger partial charge in [0.2, 0.25) is 5.91 Å². The van der Waals surface area contributed by atoms with Gasteiger partial charge in [-0.25, -0.2) is 8.42 Å². The van der Waals surface area contributed by atoms with Gasteiger partial charge in [0.1, 0.15) is 5.75 Å². The zero-order valence-electron chi connectivity index (χ0n) is 12.1. The molecule has 5 heteroatoms. The molecule has 1 rings (SSSR count). The van der Waals surface area contributed by atoms with E-state index in [1.807, 2.05) is 44.2 Å².